The van der Waals surface area contributed by atoms with E-state index in [-0.39, 0.29) is 23.0 Å². The third-order valence-corrected chi connectivity index (χ3v) is 10.3. The molecule has 0 spiro atoms. The molecule has 2 aromatic heterocycles. The maximum atomic E-state index is 14.4. The third kappa shape index (κ3) is 7.22. The van der Waals surface area contributed by atoms with Gasteiger partial charge in [0.25, 0.3) is 0 Å². The number of hydrogen-bond acceptors (Lipinski definition) is 3. The number of aromatic nitrogens is 4. The van der Waals surface area contributed by atoms with Crippen LogP contribution in [-0.2, 0) is 12.4 Å². The van der Waals surface area contributed by atoms with Crippen LogP contribution in [0.25, 0.3) is 83.9 Å². The van der Waals surface area contributed by atoms with E-state index in [0.29, 0.717) is 33.9 Å². The van der Waals surface area contributed by atoms with Crippen LogP contribution in [0.2, 0.25) is 0 Å². The van der Waals surface area contributed by atoms with Crippen molar-refractivity contribution in [3.63, 3.8) is 0 Å². The second-order valence-electron chi connectivity index (χ2n) is 14.5. The van der Waals surface area contributed by atoms with Crippen LogP contribution in [0.1, 0.15) is 22.3 Å². The summed E-state index contributed by atoms with van der Waals surface area (Å²) in [7, 11) is 0. The molecule has 7 aromatic carbocycles. The molecule has 0 fully saturated rings. The van der Waals surface area contributed by atoms with Gasteiger partial charge in [-0.3, -0.25) is 0 Å². The Kier molecular flexibility index (Phi) is 9.15. The second-order valence-corrected chi connectivity index (χ2v) is 14.5. The van der Waals surface area contributed by atoms with E-state index in [4.69, 9.17) is 15.0 Å². The van der Waals surface area contributed by atoms with E-state index >= 15 is 0 Å². The van der Waals surface area contributed by atoms with Gasteiger partial charge in [-0.25, -0.2) is 15.0 Å². The lowest BCUT2D eigenvalue weighted by Crippen LogP contribution is -2.11. The number of aryl methyl sites for hydroxylation is 2. The topological polar surface area (TPSA) is 43.6 Å². The van der Waals surface area contributed by atoms with Crippen LogP contribution in [0, 0.1) is 13.8 Å². The Hall–Kier alpha value is -7.07. The van der Waals surface area contributed by atoms with Crippen LogP contribution < -0.4 is 0 Å². The molecule has 9 rings (SSSR count). The molecular weight excluding hydrogens is 759 g/mol. The Morgan fingerprint density at radius 3 is 1.47 bits per heavy atom. The molecule has 0 N–H and O–H groups in total. The summed E-state index contributed by atoms with van der Waals surface area (Å²) in [6.07, 6.45) is -10.1. The molecule has 4 nitrogen and oxygen atoms in total. The number of hydrogen-bond donors (Lipinski definition) is 0. The van der Waals surface area contributed by atoms with Gasteiger partial charge in [0.15, 0.2) is 17.5 Å². The molecule has 10 heteroatoms. The summed E-state index contributed by atoms with van der Waals surface area (Å²) in [5.74, 6) is 1.05. The maximum absolute atomic E-state index is 14.4. The normalized spacial score (nSPS) is 12.1. The Morgan fingerprint density at radius 1 is 0.390 bits per heavy atom. The third-order valence-electron chi connectivity index (χ3n) is 10.3. The van der Waals surface area contributed by atoms with Gasteiger partial charge in [-0.1, -0.05) is 132 Å². The van der Waals surface area contributed by atoms with Crippen LogP contribution in [-0.4, -0.2) is 19.5 Å². The summed E-state index contributed by atoms with van der Waals surface area (Å²) < 4.78 is 88.0. The van der Waals surface area contributed by atoms with E-state index in [9.17, 15) is 26.3 Å². The molecule has 0 bridgehead atoms. The fourth-order valence-corrected chi connectivity index (χ4v) is 7.70. The van der Waals surface area contributed by atoms with Crippen LogP contribution >= 0.6 is 0 Å². The number of alkyl halides is 6. The fourth-order valence-electron chi connectivity index (χ4n) is 7.70. The highest BCUT2D eigenvalue weighted by Crippen LogP contribution is 2.43. The summed E-state index contributed by atoms with van der Waals surface area (Å²) in [5, 5.41) is 1.70. The maximum Gasteiger partial charge on any atom is 0.416 e. The van der Waals surface area contributed by atoms with Crippen molar-refractivity contribution in [2.75, 3.05) is 0 Å². The molecule has 9 aromatic rings. The summed E-state index contributed by atoms with van der Waals surface area (Å²) >= 11 is 0. The Bertz CT molecular complexity index is 2930. The molecule has 0 aliphatic heterocycles. The largest absolute Gasteiger partial charge is 0.416 e. The lowest BCUT2D eigenvalue weighted by Gasteiger charge is -2.19. The van der Waals surface area contributed by atoms with Gasteiger partial charge in [0, 0.05) is 33.0 Å². The van der Waals surface area contributed by atoms with Gasteiger partial charge in [-0.05, 0) is 66.9 Å². The number of benzene rings is 7. The molecule has 59 heavy (non-hydrogen) atoms. The van der Waals surface area contributed by atoms with Crippen LogP contribution in [0.3, 0.4) is 0 Å². The average molecular weight is 791 g/mol. The van der Waals surface area contributed by atoms with Gasteiger partial charge in [-0.2, -0.15) is 26.3 Å². The molecule has 0 radical (unpaired) electrons. The van der Waals surface area contributed by atoms with Gasteiger partial charge < -0.3 is 4.57 Å². The summed E-state index contributed by atoms with van der Waals surface area (Å²) in [4.78, 5) is 14.6. The molecular formula is C49H32F6N4. The minimum atomic E-state index is -5.05. The van der Waals surface area contributed by atoms with E-state index in [1.165, 1.54) is 0 Å². The van der Waals surface area contributed by atoms with E-state index in [2.05, 4.69) is 18.2 Å². The molecule has 0 aliphatic rings. The van der Waals surface area contributed by atoms with Crippen molar-refractivity contribution >= 4 is 21.8 Å². The monoisotopic (exact) mass is 790 g/mol. The predicted molar refractivity (Wildman–Crippen MR) is 221 cm³/mol. The van der Waals surface area contributed by atoms with E-state index in [1.54, 1.807) is 18.2 Å². The number of halogens is 6. The Labute approximate surface area is 335 Å². The minimum absolute atomic E-state index is 0.144. The van der Waals surface area contributed by atoms with E-state index in [1.807, 2.05) is 122 Å². The Morgan fingerprint density at radius 2 is 0.898 bits per heavy atom. The highest BCUT2D eigenvalue weighted by atomic mass is 19.4. The quantitative estimate of drug-likeness (QED) is 0.158. The highest BCUT2D eigenvalue weighted by Gasteiger charge is 2.37. The number of para-hydroxylation sites is 1. The van der Waals surface area contributed by atoms with Gasteiger partial charge in [0.1, 0.15) is 0 Å². The standard InChI is InChI=1S/C49H32F6N4/c1-29-21-30(2)23-35(22-29)33-17-20-41-40-15-9-10-16-42(40)59(44(41)26-33)43-27-34(18-19-39(43)36-24-37(48(50,51)52)28-38(25-36)49(53,54)55)47-57-45(31-11-5-3-6-12-31)56-46(58-47)32-13-7-4-8-14-32/h3-28H,1-2H3. The lowest BCUT2D eigenvalue weighted by atomic mass is 9.96. The SMILES string of the molecule is Cc1cc(C)cc(-c2ccc3c4ccccc4n(-c4cc(-c5nc(-c6ccccc6)nc(-c6ccccc6)n5)ccc4-c4cc(C(F)(F)F)cc(C(F)(F)F)c4)c3c2)c1. The molecule has 0 unspecified atom stereocenters. The van der Waals surface area contributed by atoms with Crippen molar-refractivity contribution < 1.29 is 26.3 Å². The van der Waals surface area contributed by atoms with Gasteiger partial charge in [-0.15, -0.1) is 0 Å². The van der Waals surface area contributed by atoms with Crippen molar-refractivity contribution in [3.05, 3.63) is 180 Å². The molecule has 0 amide bonds. The van der Waals surface area contributed by atoms with Gasteiger partial charge in [0.05, 0.1) is 27.8 Å². The van der Waals surface area contributed by atoms with E-state index in [0.717, 1.165) is 56.3 Å². The van der Waals surface area contributed by atoms with Crippen molar-refractivity contribution in [1.82, 2.24) is 19.5 Å². The van der Waals surface area contributed by atoms with Crippen molar-refractivity contribution in [3.8, 4) is 62.1 Å². The van der Waals surface area contributed by atoms with Crippen LogP contribution in [0.15, 0.2) is 158 Å². The molecule has 0 atom stereocenters. The summed E-state index contributed by atoms with van der Waals surface area (Å²) in [6.45, 7) is 4.03. The fraction of sp³-hybridized carbons (Fsp3) is 0.0816. The second kappa shape index (κ2) is 14.4. The lowest BCUT2D eigenvalue weighted by molar-refractivity contribution is -0.143. The first kappa shape index (κ1) is 37.5. The Balaban J connectivity index is 1.37. The first-order chi connectivity index (χ1) is 28.3. The zero-order valence-corrected chi connectivity index (χ0v) is 31.6. The summed E-state index contributed by atoms with van der Waals surface area (Å²) in [5.41, 5.74) is 4.75. The molecule has 0 saturated carbocycles. The smallest absolute Gasteiger partial charge is 0.309 e. The van der Waals surface area contributed by atoms with Gasteiger partial charge in [0.2, 0.25) is 0 Å². The zero-order valence-electron chi connectivity index (χ0n) is 31.6. The van der Waals surface area contributed by atoms with Crippen molar-refractivity contribution in [1.29, 1.82) is 0 Å². The molecule has 0 saturated heterocycles. The first-order valence-electron chi connectivity index (χ1n) is 18.7. The number of nitrogens with zero attached hydrogens (tertiary/aromatic N) is 4. The number of rotatable bonds is 6. The van der Waals surface area contributed by atoms with Crippen LogP contribution in [0.5, 0.6) is 0 Å². The van der Waals surface area contributed by atoms with Gasteiger partial charge >= 0.3 is 12.4 Å². The summed E-state index contributed by atoms with van der Waals surface area (Å²) in [6, 6.07) is 45.2. The number of fused-ring (bicyclic) bond motifs is 3. The highest BCUT2D eigenvalue weighted by molar-refractivity contribution is 6.11. The average Bonchev–Trinajstić information content (AvgIpc) is 3.56. The molecule has 2 heterocycles. The predicted octanol–water partition coefficient (Wildman–Crippen LogP) is 14.0. The van der Waals surface area contributed by atoms with Crippen LogP contribution in [0.4, 0.5) is 26.3 Å². The zero-order chi connectivity index (χ0) is 41.1. The first-order valence-corrected chi connectivity index (χ1v) is 18.7. The molecule has 290 valence electrons. The van der Waals surface area contributed by atoms with E-state index < -0.39 is 23.5 Å². The molecule has 0 aliphatic carbocycles. The minimum Gasteiger partial charge on any atom is -0.309 e. The van der Waals surface area contributed by atoms with Crippen molar-refractivity contribution in [2.24, 2.45) is 0 Å². The van der Waals surface area contributed by atoms with Crippen molar-refractivity contribution in [2.45, 2.75) is 26.2 Å².